The van der Waals surface area contributed by atoms with Crippen molar-refractivity contribution in [1.82, 2.24) is 4.98 Å². The fourth-order valence-electron chi connectivity index (χ4n) is 1.40. The molecule has 0 aliphatic carbocycles. The second-order valence-corrected chi connectivity index (χ2v) is 3.98. The standard InChI is InChI=1S/C12H9ClFN3O/c13-7-1-2-9(14)11(5-7)17-12(18)8-3-4-16-6-10(8)15/h1-6H,15H2,(H,17,18). The Hall–Kier alpha value is -2.14. The normalized spacial score (nSPS) is 10.1. The van der Waals surface area contributed by atoms with Crippen LogP contribution in [0.15, 0.2) is 36.7 Å². The topological polar surface area (TPSA) is 68.0 Å². The van der Waals surface area contributed by atoms with Crippen molar-refractivity contribution in [2.75, 3.05) is 11.1 Å². The third-order valence-electron chi connectivity index (χ3n) is 2.27. The van der Waals surface area contributed by atoms with E-state index >= 15 is 0 Å². The Morgan fingerprint density at radius 3 is 2.89 bits per heavy atom. The third-order valence-corrected chi connectivity index (χ3v) is 2.51. The highest BCUT2D eigenvalue weighted by Gasteiger charge is 2.12. The van der Waals surface area contributed by atoms with Gasteiger partial charge in [0.1, 0.15) is 5.82 Å². The number of rotatable bonds is 2. The molecule has 1 amide bonds. The van der Waals surface area contributed by atoms with Crippen molar-refractivity contribution < 1.29 is 9.18 Å². The molecule has 0 radical (unpaired) electrons. The number of pyridine rings is 1. The molecule has 3 N–H and O–H groups in total. The molecule has 1 heterocycles. The number of nitrogens with one attached hydrogen (secondary N) is 1. The Labute approximate surface area is 108 Å². The van der Waals surface area contributed by atoms with Crippen LogP contribution in [0.25, 0.3) is 0 Å². The summed E-state index contributed by atoms with van der Waals surface area (Å²) in [6.45, 7) is 0. The number of amides is 1. The number of nitrogen functional groups attached to an aromatic ring is 1. The number of carbonyl (C=O) groups is 1. The van der Waals surface area contributed by atoms with Crippen LogP contribution in [0.1, 0.15) is 10.4 Å². The third kappa shape index (κ3) is 2.57. The molecule has 6 heteroatoms. The van der Waals surface area contributed by atoms with Crippen molar-refractivity contribution in [3.05, 3.63) is 53.1 Å². The molecule has 2 rings (SSSR count). The highest BCUT2D eigenvalue weighted by Crippen LogP contribution is 2.21. The van der Waals surface area contributed by atoms with Crippen LogP contribution in [0.4, 0.5) is 15.8 Å². The summed E-state index contributed by atoms with van der Waals surface area (Å²) in [5.41, 5.74) is 6.05. The van der Waals surface area contributed by atoms with E-state index < -0.39 is 11.7 Å². The molecule has 92 valence electrons. The first kappa shape index (κ1) is 12.3. The van der Waals surface area contributed by atoms with E-state index in [0.717, 1.165) is 0 Å². The highest BCUT2D eigenvalue weighted by molar-refractivity contribution is 6.31. The minimum absolute atomic E-state index is 0.00344. The number of nitrogens with two attached hydrogens (primary N) is 1. The van der Waals surface area contributed by atoms with Gasteiger partial charge in [-0.05, 0) is 24.3 Å². The second kappa shape index (κ2) is 5.01. The van der Waals surface area contributed by atoms with Crippen LogP contribution in [0, 0.1) is 5.82 Å². The number of halogens is 2. The lowest BCUT2D eigenvalue weighted by molar-refractivity contribution is 0.102. The minimum atomic E-state index is -0.569. The van der Waals surface area contributed by atoms with Gasteiger partial charge in [0.15, 0.2) is 0 Å². The molecule has 0 fully saturated rings. The zero-order chi connectivity index (χ0) is 13.1. The number of carbonyl (C=O) groups excluding carboxylic acids is 1. The van der Waals surface area contributed by atoms with Crippen LogP contribution in [-0.4, -0.2) is 10.9 Å². The van der Waals surface area contributed by atoms with Gasteiger partial charge >= 0.3 is 0 Å². The van der Waals surface area contributed by atoms with E-state index in [2.05, 4.69) is 10.3 Å². The summed E-state index contributed by atoms with van der Waals surface area (Å²) in [6, 6.07) is 5.35. The first-order valence-electron chi connectivity index (χ1n) is 5.04. The summed E-state index contributed by atoms with van der Waals surface area (Å²) in [6.07, 6.45) is 2.78. The lowest BCUT2D eigenvalue weighted by atomic mass is 10.2. The van der Waals surface area contributed by atoms with Crippen molar-refractivity contribution in [2.24, 2.45) is 0 Å². The number of hydrogen-bond acceptors (Lipinski definition) is 3. The van der Waals surface area contributed by atoms with Crippen molar-refractivity contribution in [3.8, 4) is 0 Å². The van der Waals surface area contributed by atoms with E-state index in [1.165, 1.54) is 36.7 Å². The molecule has 0 saturated heterocycles. The van der Waals surface area contributed by atoms with E-state index in [1.807, 2.05) is 0 Å². The number of benzene rings is 1. The van der Waals surface area contributed by atoms with Crippen LogP contribution < -0.4 is 11.1 Å². The molecule has 0 bridgehead atoms. The van der Waals surface area contributed by atoms with E-state index in [9.17, 15) is 9.18 Å². The maximum absolute atomic E-state index is 13.4. The lowest BCUT2D eigenvalue weighted by Gasteiger charge is -2.08. The average Bonchev–Trinajstić information content (AvgIpc) is 2.34. The lowest BCUT2D eigenvalue weighted by Crippen LogP contribution is -2.15. The smallest absolute Gasteiger partial charge is 0.257 e. The molecule has 0 spiro atoms. The molecule has 4 nitrogen and oxygen atoms in total. The Balaban J connectivity index is 2.27. The van der Waals surface area contributed by atoms with Gasteiger partial charge in [0.25, 0.3) is 5.91 Å². The van der Waals surface area contributed by atoms with Crippen LogP contribution in [0.2, 0.25) is 5.02 Å². The predicted octanol–water partition coefficient (Wildman–Crippen LogP) is 2.71. The van der Waals surface area contributed by atoms with Gasteiger partial charge in [-0.2, -0.15) is 0 Å². The van der Waals surface area contributed by atoms with Crippen LogP contribution in [-0.2, 0) is 0 Å². The fraction of sp³-hybridized carbons (Fsp3) is 0. The molecule has 0 saturated carbocycles. The number of hydrogen-bond donors (Lipinski definition) is 2. The Kier molecular flexibility index (Phi) is 3.43. The Bertz CT molecular complexity index is 604. The van der Waals surface area contributed by atoms with Gasteiger partial charge in [-0.15, -0.1) is 0 Å². The summed E-state index contributed by atoms with van der Waals surface area (Å²) in [5, 5.41) is 2.73. The zero-order valence-corrected chi connectivity index (χ0v) is 9.91. The number of aromatic nitrogens is 1. The van der Waals surface area contributed by atoms with Gasteiger partial charge in [0, 0.05) is 11.2 Å². The Morgan fingerprint density at radius 2 is 2.17 bits per heavy atom. The van der Waals surface area contributed by atoms with Gasteiger partial charge in [-0.3, -0.25) is 9.78 Å². The van der Waals surface area contributed by atoms with Crippen molar-refractivity contribution >= 4 is 28.9 Å². The van der Waals surface area contributed by atoms with Crippen molar-refractivity contribution in [2.45, 2.75) is 0 Å². The van der Waals surface area contributed by atoms with Crippen molar-refractivity contribution in [3.63, 3.8) is 0 Å². The molecule has 2 aromatic rings. The van der Waals surface area contributed by atoms with Gasteiger partial charge < -0.3 is 11.1 Å². The molecule has 0 aliphatic rings. The van der Waals surface area contributed by atoms with E-state index in [1.54, 1.807) is 0 Å². The maximum atomic E-state index is 13.4. The maximum Gasteiger partial charge on any atom is 0.257 e. The Morgan fingerprint density at radius 1 is 1.39 bits per heavy atom. The van der Waals surface area contributed by atoms with Gasteiger partial charge in [0.2, 0.25) is 0 Å². The van der Waals surface area contributed by atoms with Crippen LogP contribution >= 0.6 is 11.6 Å². The summed E-state index contributed by atoms with van der Waals surface area (Å²) in [7, 11) is 0. The molecule has 1 aromatic heterocycles. The number of nitrogens with zero attached hydrogens (tertiary/aromatic N) is 1. The molecule has 18 heavy (non-hydrogen) atoms. The second-order valence-electron chi connectivity index (χ2n) is 3.54. The summed E-state index contributed by atoms with van der Waals surface area (Å²) < 4.78 is 13.4. The van der Waals surface area contributed by atoms with Crippen LogP contribution in [0.3, 0.4) is 0 Å². The van der Waals surface area contributed by atoms with E-state index in [0.29, 0.717) is 5.02 Å². The fourth-order valence-corrected chi connectivity index (χ4v) is 1.57. The first-order chi connectivity index (χ1) is 8.58. The van der Waals surface area contributed by atoms with Crippen molar-refractivity contribution in [1.29, 1.82) is 0 Å². The van der Waals surface area contributed by atoms with Gasteiger partial charge in [-0.25, -0.2) is 4.39 Å². The first-order valence-corrected chi connectivity index (χ1v) is 5.41. The quantitative estimate of drug-likeness (QED) is 0.877. The molecule has 0 aliphatic heterocycles. The van der Waals surface area contributed by atoms with Gasteiger partial charge in [-0.1, -0.05) is 11.6 Å². The summed E-state index contributed by atoms with van der Waals surface area (Å²) >= 11 is 5.72. The molecular weight excluding hydrogens is 257 g/mol. The van der Waals surface area contributed by atoms with Gasteiger partial charge in [0.05, 0.1) is 23.1 Å². The van der Waals surface area contributed by atoms with E-state index in [4.69, 9.17) is 17.3 Å². The zero-order valence-electron chi connectivity index (χ0n) is 9.15. The molecule has 0 atom stereocenters. The van der Waals surface area contributed by atoms with E-state index in [-0.39, 0.29) is 16.9 Å². The highest BCUT2D eigenvalue weighted by atomic mass is 35.5. The minimum Gasteiger partial charge on any atom is -0.397 e. The largest absolute Gasteiger partial charge is 0.397 e. The molecule has 0 unspecified atom stereocenters. The van der Waals surface area contributed by atoms with Crippen LogP contribution in [0.5, 0.6) is 0 Å². The number of anilines is 2. The summed E-state index contributed by atoms with van der Waals surface area (Å²) in [5.74, 6) is -1.09. The summed E-state index contributed by atoms with van der Waals surface area (Å²) in [4.78, 5) is 15.6. The molecule has 1 aromatic carbocycles. The average molecular weight is 266 g/mol. The SMILES string of the molecule is Nc1cnccc1C(=O)Nc1cc(Cl)ccc1F. The monoisotopic (exact) mass is 265 g/mol. The predicted molar refractivity (Wildman–Crippen MR) is 68.0 cm³/mol. The molecular formula is C12H9ClFN3O.